The van der Waals surface area contributed by atoms with Gasteiger partial charge in [-0.2, -0.15) is 0 Å². The largest absolute Gasteiger partial charge is 0.392 e. The third kappa shape index (κ3) is 1.72. The SMILES string of the molecule is CO[C@H]1CCN(C)[C@@H]1[C@H](C)O. The standard InChI is InChI=1S/C8H17NO2/c1-6(10)8-7(11-3)4-5-9(8)2/h6-8,10H,4-5H2,1-3H3/t6-,7-,8+/m0/s1. The van der Waals surface area contributed by atoms with Gasteiger partial charge in [-0.25, -0.2) is 0 Å². The molecule has 1 N–H and O–H groups in total. The number of ether oxygens (including phenoxy) is 1. The monoisotopic (exact) mass is 159 g/mol. The first kappa shape index (κ1) is 8.97. The highest BCUT2D eigenvalue weighted by atomic mass is 16.5. The predicted octanol–water partition coefficient (Wildman–Crippen LogP) is 0.0863. The quantitative estimate of drug-likeness (QED) is 0.619. The molecule has 3 atom stereocenters. The second kappa shape index (κ2) is 3.52. The van der Waals surface area contributed by atoms with Crippen molar-refractivity contribution in [2.45, 2.75) is 31.6 Å². The Hall–Kier alpha value is -0.120. The lowest BCUT2D eigenvalue weighted by Crippen LogP contribution is -2.41. The van der Waals surface area contributed by atoms with Gasteiger partial charge in [0.2, 0.25) is 0 Å². The fourth-order valence-electron chi connectivity index (χ4n) is 1.87. The van der Waals surface area contributed by atoms with Crippen molar-refractivity contribution in [2.24, 2.45) is 0 Å². The van der Waals surface area contributed by atoms with Gasteiger partial charge in [0.15, 0.2) is 0 Å². The summed E-state index contributed by atoms with van der Waals surface area (Å²) in [6.07, 6.45) is 0.940. The molecule has 0 saturated carbocycles. The molecule has 0 spiro atoms. The van der Waals surface area contributed by atoms with E-state index in [-0.39, 0.29) is 18.2 Å². The van der Waals surface area contributed by atoms with Crippen molar-refractivity contribution in [1.29, 1.82) is 0 Å². The van der Waals surface area contributed by atoms with Gasteiger partial charge in [0.25, 0.3) is 0 Å². The van der Waals surface area contributed by atoms with Crippen LogP contribution in [0.2, 0.25) is 0 Å². The third-order valence-electron chi connectivity index (χ3n) is 2.45. The molecule has 0 radical (unpaired) electrons. The van der Waals surface area contributed by atoms with Crippen LogP contribution in [0.5, 0.6) is 0 Å². The zero-order valence-corrected chi connectivity index (χ0v) is 7.45. The van der Waals surface area contributed by atoms with E-state index in [0.717, 1.165) is 13.0 Å². The van der Waals surface area contributed by atoms with E-state index in [1.807, 2.05) is 14.0 Å². The molecule has 0 amide bonds. The minimum Gasteiger partial charge on any atom is -0.392 e. The van der Waals surface area contributed by atoms with Gasteiger partial charge in [0.1, 0.15) is 0 Å². The highest BCUT2D eigenvalue weighted by molar-refractivity contribution is 4.89. The molecule has 1 aliphatic heterocycles. The predicted molar refractivity (Wildman–Crippen MR) is 43.5 cm³/mol. The number of aliphatic hydroxyl groups is 1. The van der Waals surface area contributed by atoms with E-state index in [1.54, 1.807) is 7.11 Å². The Labute approximate surface area is 68.0 Å². The molecule has 0 bridgehead atoms. The number of likely N-dealkylation sites (tertiary alicyclic amines) is 1. The first-order valence-corrected chi connectivity index (χ1v) is 4.08. The summed E-state index contributed by atoms with van der Waals surface area (Å²) in [5.74, 6) is 0. The Morgan fingerprint density at radius 1 is 1.64 bits per heavy atom. The average Bonchev–Trinajstić information content (AvgIpc) is 2.30. The number of likely N-dealkylation sites (N-methyl/N-ethyl adjacent to an activating group) is 1. The van der Waals surface area contributed by atoms with E-state index in [9.17, 15) is 5.11 Å². The molecular formula is C8H17NO2. The van der Waals surface area contributed by atoms with Crippen LogP contribution < -0.4 is 0 Å². The number of hydrogen-bond donors (Lipinski definition) is 1. The molecule has 1 heterocycles. The molecule has 0 aromatic rings. The van der Waals surface area contributed by atoms with Gasteiger partial charge >= 0.3 is 0 Å². The first-order chi connectivity index (χ1) is 5.16. The van der Waals surface area contributed by atoms with Crippen LogP contribution in [0.1, 0.15) is 13.3 Å². The summed E-state index contributed by atoms with van der Waals surface area (Å²) in [6, 6.07) is 0.181. The smallest absolute Gasteiger partial charge is 0.0763 e. The van der Waals surface area contributed by atoms with Gasteiger partial charge in [0.05, 0.1) is 18.2 Å². The number of aliphatic hydroxyl groups excluding tert-OH is 1. The van der Waals surface area contributed by atoms with Crippen LogP contribution in [-0.4, -0.2) is 49.0 Å². The Balaban J connectivity index is 2.56. The normalized spacial score (nSPS) is 36.0. The molecule has 3 nitrogen and oxygen atoms in total. The molecule has 11 heavy (non-hydrogen) atoms. The van der Waals surface area contributed by atoms with Crippen LogP contribution in [0.15, 0.2) is 0 Å². The molecule has 0 aromatic carbocycles. The lowest BCUT2D eigenvalue weighted by molar-refractivity contribution is 0.00922. The summed E-state index contributed by atoms with van der Waals surface area (Å²) >= 11 is 0. The Bertz CT molecular complexity index is 127. The molecular weight excluding hydrogens is 142 g/mol. The summed E-state index contributed by atoms with van der Waals surface area (Å²) in [5.41, 5.74) is 0. The van der Waals surface area contributed by atoms with Crippen LogP contribution in [0, 0.1) is 0 Å². The van der Waals surface area contributed by atoms with Gasteiger partial charge in [0, 0.05) is 13.7 Å². The summed E-state index contributed by atoms with van der Waals surface area (Å²) in [5, 5.41) is 9.40. The van der Waals surface area contributed by atoms with Crippen molar-refractivity contribution in [3.63, 3.8) is 0 Å². The maximum absolute atomic E-state index is 9.40. The minimum absolute atomic E-state index is 0.181. The van der Waals surface area contributed by atoms with E-state index in [1.165, 1.54) is 0 Å². The highest BCUT2D eigenvalue weighted by Crippen LogP contribution is 2.20. The molecule has 66 valence electrons. The van der Waals surface area contributed by atoms with Crippen molar-refractivity contribution < 1.29 is 9.84 Å². The van der Waals surface area contributed by atoms with E-state index >= 15 is 0 Å². The molecule has 0 unspecified atom stereocenters. The molecule has 1 saturated heterocycles. The molecule has 0 aliphatic carbocycles. The second-order valence-corrected chi connectivity index (χ2v) is 3.27. The van der Waals surface area contributed by atoms with E-state index in [2.05, 4.69) is 4.90 Å². The number of hydrogen-bond acceptors (Lipinski definition) is 3. The maximum atomic E-state index is 9.40. The molecule has 0 aromatic heterocycles. The van der Waals surface area contributed by atoms with Crippen molar-refractivity contribution in [3.8, 4) is 0 Å². The van der Waals surface area contributed by atoms with Crippen LogP contribution in [0.25, 0.3) is 0 Å². The Morgan fingerprint density at radius 3 is 2.64 bits per heavy atom. The number of methoxy groups -OCH3 is 1. The highest BCUT2D eigenvalue weighted by Gasteiger charge is 2.34. The van der Waals surface area contributed by atoms with Crippen LogP contribution in [0.4, 0.5) is 0 Å². The topological polar surface area (TPSA) is 32.7 Å². The number of rotatable bonds is 2. The number of nitrogens with zero attached hydrogens (tertiary/aromatic N) is 1. The van der Waals surface area contributed by atoms with E-state index in [4.69, 9.17) is 4.74 Å². The summed E-state index contributed by atoms with van der Waals surface area (Å²) in [7, 11) is 3.73. The van der Waals surface area contributed by atoms with E-state index < -0.39 is 0 Å². The first-order valence-electron chi connectivity index (χ1n) is 4.08. The fourth-order valence-corrected chi connectivity index (χ4v) is 1.87. The van der Waals surface area contributed by atoms with Crippen molar-refractivity contribution in [1.82, 2.24) is 4.90 Å². The van der Waals surface area contributed by atoms with Crippen LogP contribution in [-0.2, 0) is 4.74 Å². The van der Waals surface area contributed by atoms with Crippen molar-refractivity contribution in [3.05, 3.63) is 0 Å². The maximum Gasteiger partial charge on any atom is 0.0763 e. The van der Waals surface area contributed by atoms with Crippen molar-refractivity contribution in [2.75, 3.05) is 20.7 Å². The van der Waals surface area contributed by atoms with E-state index in [0.29, 0.717) is 0 Å². The van der Waals surface area contributed by atoms with Gasteiger partial charge in [-0.3, -0.25) is 4.90 Å². The lowest BCUT2D eigenvalue weighted by atomic mass is 10.1. The molecule has 1 aliphatic rings. The summed E-state index contributed by atoms with van der Waals surface area (Å²) in [6.45, 7) is 2.84. The third-order valence-corrected chi connectivity index (χ3v) is 2.45. The van der Waals surface area contributed by atoms with Gasteiger partial charge in [-0.1, -0.05) is 0 Å². The molecule has 3 heteroatoms. The minimum atomic E-state index is -0.299. The zero-order valence-electron chi connectivity index (χ0n) is 7.45. The second-order valence-electron chi connectivity index (χ2n) is 3.27. The van der Waals surface area contributed by atoms with Crippen molar-refractivity contribution >= 4 is 0 Å². The average molecular weight is 159 g/mol. The molecule has 1 rings (SSSR count). The Kier molecular flexibility index (Phi) is 2.87. The van der Waals surface area contributed by atoms with Crippen LogP contribution in [0.3, 0.4) is 0 Å². The van der Waals surface area contributed by atoms with Gasteiger partial charge in [-0.05, 0) is 20.4 Å². The lowest BCUT2D eigenvalue weighted by Gasteiger charge is -2.26. The summed E-state index contributed by atoms with van der Waals surface area (Å²) in [4.78, 5) is 2.15. The van der Waals surface area contributed by atoms with Gasteiger partial charge in [-0.15, -0.1) is 0 Å². The zero-order chi connectivity index (χ0) is 8.43. The van der Waals surface area contributed by atoms with Crippen LogP contribution >= 0.6 is 0 Å². The fraction of sp³-hybridized carbons (Fsp3) is 1.00. The Morgan fingerprint density at radius 2 is 2.27 bits per heavy atom. The van der Waals surface area contributed by atoms with Gasteiger partial charge < -0.3 is 9.84 Å². The molecule has 1 fully saturated rings. The summed E-state index contributed by atoms with van der Waals surface area (Å²) < 4.78 is 5.25.